The minimum absolute atomic E-state index is 0.0231. The van der Waals surface area contributed by atoms with E-state index >= 15 is 0 Å². The van der Waals surface area contributed by atoms with Crippen LogP contribution in [0.1, 0.15) is 44.2 Å². The van der Waals surface area contributed by atoms with E-state index in [4.69, 9.17) is 22.1 Å². The zero-order chi connectivity index (χ0) is 18.7. The molecular weight excluding hydrogens is 350 g/mol. The van der Waals surface area contributed by atoms with Crippen LogP contribution in [0.25, 0.3) is 5.57 Å². The van der Waals surface area contributed by atoms with E-state index in [2.05, 4.69) is 11.9 Å². The van der Waals surface area contributed by atoms with Gasteiger partial charge in [0.1, 0.15) is 12.0 Å². The summed E-state index contributed by atoms with van der Waals surface area (Å²) in [6, 6.07) is 4.46. The van der Waals surface area contributed by atoms with Crippen molar-refractivity contribution in [3.05, 3.63) is 41.3 Å². The highest BCUT2D eigenvalue weighted by Crippen LogP contribution is 2.41. The number of aliphatic imine (C=N–C) groups is 1. The molecule has 2 aliphatic rings. The van der Waals surface area contributed by atoms with Crippen molar-refractivity contribution in [2.75, 3.05) is 4.90 Å². The maximum Gasteiger partial charge on any atom is 0.224 e. The van der Waals surface area contributed by atoms with Crippen LogP contribution in [0.2, 0.25) is 0 Å². The molecule has 1 aliphatic heterocycles. The van der Waals surface area contributed by atoms with Gasteiger partial charge in [-0.3, -0.25) is 9.79 Å². The molecule has 1 fully saturated rings. The molecule has 0 saturated heterocycles. The third-order valence-corrected chi connectivity index (χ3v) is 4.89. The second-order valence-corrected chi connectivity index (χ2v) is 6.98. The molecule has 3 rings (SSSR count). The minimum Gasteiger partial charge on any atom is -0.463 e. The summed E-state index contributed by atoms with van der Waals surface area (Å²) in [4.78, 5) is 18.5. The van der Waals surface area contributed by atoms with Crippen molar-refractivity contribution in [1.82, 2.24) is 0 Å². The van der Waals surface area contributed by atoms with E-state index in [1.807, 2.05) is 23.2 Å². The van der Waals surface area contributed by atoms with Gasteiger partial charge in [-0.25, -0.2) is 0 Å². The lowest BCUT2D eigenvalue weighted by molar-refractivity contribution is -0.117. The Morgan fingerprint density at radius 2 is 2.15 bits per heavy atom. The highest BCUT2D eigenvalue weighted by Gasteiger charge is 2.30. The van der Waals surface area contributed by atoms with Gasteiger partial charge in [0.2, 0.25) is 5.91 Å². The quantitative estimate of drug-likeness (QED) is 0.626. The topological polar surface area (TPSA) is 67.9 Å². The molecule has 1 saturated carbocycles. The van der Waals surface area contributed by atoms with Gasteiger partial charge in [0.05, 0.1) is 11.7 Å². The molecule has 1 heterocycles. The zero-order valence-electron chi connectivity index (χ0n) is 15.1. The summed E-state index contributed by atoms with van der Waals surface area (Å²) in [5.74, 6) is 0.700. The lowest BCUT2D eigenvalue weighted by atomic mass is 9.92. The number of carbonyl (C=O) groups excluding carboxylic acids is 1. The summed E-state index contributed by atoms with van der Waals surface area (Å²) in [7, 11) is 0. The molecule has 1 aromatic carbocycles. The van der Waals surface area contributed by atoms with E-state index in [-0.39, 0.29) is 11.9 Å². The Kier molecular flexibility index (Phi) is 5.67. The highest BCUT2D eigenvalue weighted by atomic mass is 35.5. The van der Waals surface area contributed by atoms with E-state index in [9.17, 15) is 4.79 Å². The van der Waals surface area contributed by atoms with Crippen LogP contribution in [0.4, 0.5) is 5.69 Å². The molecule has 1 amide bonds. The van der Waals surface area contributed by atoms with E-state index in [1.165, 1.54) is 11.8 Å². The van der Waals surface area contributed by atoms with Crippen LogP contribution in [0.5, 0.6) is 5.75 Å². The fraction of sp³-hybridized carbons (Fsp3) is 0.400. The summed E-state index contributed by atoms with van der Waals surface area (Å²) in [6.07, 6.45) is 8.73. The molecule has 2 N–H and O–H groups in total. The Balaban J connectivity index is 2.09. The van der Waals surface area contributed by atoms with Crippen LogP contribution in [0.3, 0.4) is 0 Å². The number of allylic oxidation sites excluding steroid dienone is 1. The lowest BCUT2D eigenvalue weighted by Gasteiger charge is -2.35. The molecule has 5 nitrogen and oxygen atoms in total. The fourth-order valence-electron chi connectivity index (χ4n) is 3.35. The third-order valence-electron chi connectivity index (χ3n) is 4.79. The molecular formula is C20H24ClN3O2. The number of amides is 1. The molecule has 138 valence electrons. The summed E-state index contributed by atoms with van der Waals surface area (Å²) >= 11 is 5.68. The average Bonchev–Trinajstić information content (AvgIpc) is 3.44. The minimum atomic E-state index is 0.0231. The first-order valence-electron chi connectivity index (χ1n) is 8.89. The summed E-state index contributed by atoms with van der Waals surface area (Å²) < 4.78 is 5.84. The van der Waals surface area contributed by atoms with Crippen molar-refractivity contribution in [1.29, 1.82) is 0 Å². The second-order valence-electron chi connectivity index (χ2n) is 6.73. The molecule has 0 bridgehead atoms. The molecule has 0 radical (unpaired) electrons. The standard InChI is InChI=1S/C20H24ClN3O2/c1-13-3-6-18-19(24(13)14(2)25)8-7-17(20(18)26-10-9-21)15(11-22)12-23-16-4-5-16/h7-13,16H,3-6,22H2,1-2H3/b10-9+,15-11?,23-12?/t13-/m0/s1. The second kappa shape index (κ2) is 7.96. The monoisotopic (exact) mass is 373 g/mol. The summed E-state index contributed by atoms with van der Waals surface area (Å²) in [5, 5.41) is 0. The van der Waals surface area contributed by atoms with Crippen molar-refractivity contribution in [3.8, 4) is 5.75 Å². The summed E-state index contributed by atoms with van der Waals surface area (Å²) in [5.41, 5.74) is 10.7. The molecule has 0 aromatic heterocycles. The van der Waals surface area contributed by atoms with Crippen molar-refractivity contribution >= 4 is 35.0 Å². The van der Waals surface area contributed by atoms with Crippen LogP contribution in [0.15, 0.2) is 35.1 Å². The lowest BCUT2D eigenvalue weighted by Crippen LogP contribution is -2.40. The Labute approximate surface area is 159 Å². The van der Waals surface area contributed by atoms with Gasteiger partial charge in [0.25, 0.3) is 0 Å². The van der Waals surface area contributed by atoms with Gasteiger partial charge in [-0.2, -0.15) is 0 Å². The van der Waals surface area contributed by atoms with Crippen LogP contribution in [-0.2, 0) is 11.2 Å². The van der Waals surface area contributed by atoms with Gasteiger partial charge in [-0.05, 0) is 44.7 Å². The average molecular weight is 374 g/mol. The molecule has 1 aliphatic carbocycles. The molecule has 1 aromatic rings. The van der Waals surface area contributed by atoms with Crippen molar-refractivity contribution in [2.24, 2.45) is 10.7 Å². The van der Waals surface area contributed by atoms with Gasteiger partial charge >= 0.3 is 0 Å². The van der Waals surface area contributed by atoms with Crippen LogP contribution in [-0.4, -0.2) is 24.2 Å². The maximum absolute atomic E-state index is 12.2. The Bertz CT molecular complexity index is 782. The Morgan fingerprint density at radius 1 is 1.38 bits per heavy atom. The molecule has 0 spiro atoms. The number of carbonyl (C=O) groups is 1. The van der Waals surface area contributed by atoms with Gasteiger partial charge in [0, 0.05) is 47.6 Å². The SMILES string of the molecule is CC(=O)N1c2ccc(C(C=NC3CC3)=CN)c(O/C=C/Cl)c2CC[C@@H]1C. The Morgan fingerprint density at radius 3 is 2.77 bits per heavy atom. The van der Waals surface area contributed by atoms with E-state index < -0.39 is 0 Å². The van der Waals surface area contributed by atoms with Gasteiger partial charge in [-0.15, -0.1) is 0 Å². The number of halogens is 1. The number of hydrogen-bond acceptors (Lipinski definition) is 4. The predicted octanol–water partition coefficient (Wildman–Crippen LogP) is 4.00. The first-order valence-corrected chi connectivity index (χ1v) is 9.33. The third kappa shape index (κ3) is 3.78. The number of ether oxygens (including phenoxy) is 1. The number of nitrogens with two attached hydrogens (primary N) is 1. The normalized spacial score (nSPS) is 20.7. The van der Waals surface area contributed by atoms with E-state index in [1.54, 1.807) is 13.1 Å². The molecule has 6 heteroatoms. The van der Waals surface area contributed by atoms with Crippen molar-refractivity contribution in [2.45, 2.75) is 51.6 Å². The Hall–Kier alpha value is -2.27. The zero-order valence-corrected chi connectivity index (χ0v) is 15.9. The van der Waals surface area contributed by atoms with Crippen molar-refractivity contribution in [3.63, 3.8) is 0 Å². The number of fused-ring (bicyclic) bond motifs is 1. The highest BCUT2D eigenvalue weighted by molar-refractivity contribution is 6.25. The first kappa shape index (κ1) is 18.5. The van der Waals surface area contributed by atoms with Gasteiger partial charge < -0.3 is 15.4 Å². The van der Waals surface area contributed by atoms with Gasteiger partial charge in [0.15, 0.2) is 0 Å². The number of hydrogen-bond donors (Lipinski definition) is 1. The molecule has 0 unspecified atom stereocenters. The maximum atomic E-state index is 12.2. The van der Waals surface area contributed by atoms with Crippen molar-refractivity contribution < 1.29 is 9.53 Å². The largest absolute Gasteiger partial charge is 0.463 e. The molecule has 1 atom stereocenters. The van der Waals surface area contributed by atoms with Crippen LogP contribution < -0.4 is 15.4 Å². The summed E-state index contributed by atoms with van der Waals surface area (Å²) in [6.45, 7) is 3.65. The number of rotatable bonds is 5. The molecule has 26 heavy (non-hydrogen) atoms. The number of benzene rings is 1. The van der Waals surface area contributed by atoms with E-state index in [0.717, 1.165) is 48.1 Å². The van der Waals surface area contributed by atoms with Crippen LogP contribution >= 0.6 is 11.6 Å². The van der Waals surface area contributed by atoms with Crippen LogP contribution in [0, 0.1) is 0 Å². The number of anilines is 1. The first-order chi connectivity index (χ1) is 12.6. The fourth-order valence-corrected chi connectivity index (χ4v) is 3.40. The van der Waals surface area contributed by atoms with E-state index in [0.29, 0.717) is 11.8 Å². The number of nitrogens with zero attached hydrogens (tertiary/aromatic N) is 2. The predicted molar refractivity (Wildman–Crippen MR) is 107 cm³/mol. The smallest absolute Gasteiger partial charge is 0.224 e. The van der Waals surface area contributed by atoms with Gasteiger partial charge in [-0.1, -0.05) is 11.6 Å².